The number of ether oxygens (including phenoxy) is 1. The van der Waals surface area contributed by atoms with E-state index < -0.39 is 0 Å². The predicted octanol–water partition coefficient (Wildman–Crippen LogP) is 2.54. The summed E-state index contributed by atoms with van der Waals surface area (Å²) in [6, 6.07) is 13.7. The van der Waals surface area contributed by atoms with Gasteiger partial charge in [-0.25, -0.2) is 14.1 Å². The Morgan fingerprint density at radius 2 is 1.94 bits per heavy atom. The van der Waals surface area contributed by atoms with Gasteiger partial charge in [-0.05, 0) is 30.7 Å². The van der Waals surface area contributed by atoms with E-state index in [0.717, 1.165) is 11.3 Å². The second-order valence-corrected chi connectivity index (χ2v) is 7.48. The minimum absolute atomic E-state index is 0.0846. The molecule has 2 aromatic heterocycles. The Morgan fingerprint density at radius 1 is 1.15 bits per heavy atom. The van der Waals surface area contributed by atoms with Crippen LogP contribution in [-0.4, -0.2) is 38.4 Å². The number of rotatable bonds is 9. The Balaban J connectivity index is 1.36. The summed E-state index contributed by atoms with van der Waals surface area (Å²) in [6.07, 6.45) is 3.09. The SMILES string of the molecule is CCOc1ccc(CC(=O)NCCn2ncc3c(=O)n(Cc4ccccc4F)cnc32)cc1. The molecule has 9 heteroatoms. The molecule has 8 nitrogen and oxygen atoms in total. The molecule has 0 saturated carbocycles. The Labute approximate surface area is 189 Å². The maximum absolute atomic E-state index is 13.9. The van der Waals surface area contributed by atoms with Crippen molar-refractivity contribution >= 4 is 16.9 Å². The predicted molar refractivity (Wildman–Crippen MR) is 122 cm³/mol. The molecule has 33 heavy (non-hydrogen) atoms. The summed E-state index contributed by atoms with van der Waals surface area (Å²) in [7, 11) is 0. The number of amides is 1. The van der Waals surface area contributed by atoms with E-state index >= 15 is 0 Å². The van der Waals surface area contributed by atoms with Gasteiger partial charge in [0.1, 0.15) is 23.3 Å². The van der Waals surface area contributed by atoms with Crippen LogP contribution >= 0.6 is 0 Å². The number of nitrogens with zero attached hydrogens (tertiary/aromatic N) is 4. The fourth-order valence-electron chi connectivity index (χ4n) is 3.50. The normalized spacial score (nSPS) is 11.0. The maximum atomic E-state index is 13.9. The van der Waals surface area contributed by atoms with Crippen molar-refractivity contribution in [2.75, 3.05) is 13.2 Å². The molecular weight excluding hydrogens is 425 g/mol. The molecule has 0 radical (unpaired) electrons. The van der Waals surface area contributed by atoms with Crippen LogP contribution < -0.4 is 15.6 Å². The van der Waals surface area contributed by atoms with Gasteiger partial charge in [0.05, 0.1) is 32.3 Å². The van der Waals surface area contributed by atoms with Crippen LogP contribution in [0.1, 0.15) is 18.1 Å². The van der Waals surface area contributed by atoms with Crippen LogP contribution in [0.5, 0.6) is 5.75 Å². The van der Waals surface area contributed by atoms with E-state index in [1.54, 1.807) is 22.9 Å². The quantitative estimate of drug-likeness (QED) is 0.424. The minimum Gasteiger partial charge on any atom is -0.494 e. The van der Waals surface area contributed by atoms with Gasteiger partial charge in [-0.3, -0.25) is 14.2 Å². The van der Waals surface area contributed by atoms with Crippen LogP contribution in [-0.2, 0) is 24.3 Å². The molecule has 1 N–H and O–H groups in total. The fourth-order valence-corrected chi connectivity index (χ4v) is 3.50. The number of hydrogen-bond acceptors (Lipinski definition) is 5. The van der Waals surface area contributed by atoms with E-state index in [4.69, 9.17) is 4.74 Å². The molecule has 0 spiro atoms. The highest BCUT2D eigenvalue weighted by Gasteiger charge is 2.12. The first-order valence-electron chi connectivity index (χ1n) is 10.7. The molecule has 4 rings (SSSR count). The van der Waals surface area contributed by atoms with Gasteiger partial charge >= 0.3 is 0 Å². The average molecular weight is 449 g/mol. The molecule has 2 heterocycles. The Hall–Kier alpha value is -4.01. The van der Waals surface area contributed by atoms with Crippen LogP contribution in [0.4, 0.5) is 4.39 Å². The first-order chi connectivity index (χ1) is 16.0. The lowest BCUT2D eigenvalue weighted by atomic mass is 10.1. The van der Waals surface area contributed by atoms with Crippen LogP contribution in [0.3, 0.4) is 0 Å². The molecule has 0 fully saturated rings. The van der Waals surface area contributed by atoms with E-state index in [2.05, 4.69) is 15.4 Å². The first-order valence-corrected chi connectivity index (χ1v) is 10.7. The summed E-state index contributed by atoms with van der Waals surface area (Å²) in [4.78, 5) is 29.4. The van der Waals surface area contributed by atoms with E-state index in [1.807, 2.05) is 31.2 Å². The third-order valence-corrected chi connectivity index (χ3v) is 5.17. The first kappa shape index (κ1) is 22.2. The number of fused-ring (bicyclic) bond motifs is 1. The van der Waals surface area contributed by atoms with Crippen molar-refractivity contribution < 1.29 is 13.9 Å². The Kier molecular flexibility index (Phi) is 6.77. The summed E-state index contributed by atoms with van der Waals surface area (Å²) in [5.41, 5.74) is 1.42. The summed E-state index contributed by atoms with van der Waals surface area (Å²) < 4.78 is 22.2. The molecule has 0 atom stereocenters. The molecule has 0 aliphatic rings. The third-order valence-electron chi connectivity index (χ3n) is 5.17. The van der Waals surface area contributed by atoms with Crippen molar-refractivity contribution in [3.63, 3.8) is 0 Å². The molecule has 4 aromatic rings. The van der Waals surface area contributed by atoms with E-state index in [9.17, 15) is 14.0 Å². The zero-order valence-corrected chi connectivity index (χ0v) is 18.2. The van der Waals surface area contributed by atoms with Crippen molar-refractivity contribution in [2.45, 2.75) is 26.4 Å². The van der Waals surface area contributed by atoms with E-state index in [0.29, 0.717) is 36.3 Å². The Bertz CT molecular complexity index is 1310. The third kappa shape index (κ3) is 5.25. The second-order valence-electron chi connectivity index (χ2n) is 7.48. The molecule has 0 unspecified atom stereocenters. The van der Waals surface area contributed by atoms with E-state index in [1.165, 1.54) is 23.2 Å². The highest BCUT2D eigenvalue weighted by atomic mass is 19.1. The molecule has 2 aromatic carbocycles. The van der Waals surface area contributed by atoms with Gasteiger partial charge in [-0.2, -0.15) is 5.10 Å². The van der Waals surface area contributed by atoms with Crippen molar-refractivity contribution in [3.8, 4) is 5.75 Å². The molecule has 1 amide bonds. The van der Waals surface area contributed by atoms with Crippen molar-refractivity contribution in [3.05, 3.63) is 88.4 Å². The molecule has 0 aliphatic heterocycles. The van der Waals surface area contributed by atoms with Gasteiger partial charge < -0.3 is 10.1 Å². The van der Waals surface area contributed by atoms with Gasteiger partial charge in [0.15, 0.2) is 5.65 Å². The summed E-state index contributed by atoms with van der Waals surface area (Å²) in [5, 5.41) is 7.43. The van der Waals surface area contributed by atoms with Crippen LogP contribution in [0.2, 0.25) is 0 Å². The van der Waals surface area contributed by atoms with Gasteiger partial charge in [0, 0.05) is 12.1 Å². The summed E-state index contributed by atoms with van der Waals surface area (Å²) in [5.74, 6) is 0.282. The number of nitrogens with one attached hydrogen (secondary N) is 1. The zero-order valence-electron chi connectivity index (χ0n) is 18.2. The maximum Gasteiger partial charge on any atom is 0.264 e. The largest absolute Gasteiger partial charge is 0.494 e. The number of carbonyl (C=O) groups excluding carboxylic acids is 1. The van der Waals surface area contributed by atoms with E-state index in [-0.39, 0.29) is 30.2 Å². The van der Waals surface area contributed by atoms with Crippen LogP contribution in [0.25, 0.3) is 11.0 Å². The van der Waals surface area contributed by atoms with Gasteiger partial charge in [-0.1, -0.05) is 30.3 Å². The lowest BCUT2D eigenvalue weighted by Gasteiger charge is -2.08. The molecule has 0 bridgehead atoms. The van der Waals surface area contributed by atoms with Crippen LogP contribution in [0.15, 0.2) is 65.8 Å². The number of hydrogen-bond donors (Lipinski definition) is 1. The summed E-state index contributed by atoms with van der Waals surface area (Å²) >= 11 is 0. The highest BCUT2D eigenvalue weighted by Crippen LogP contribution is 2.13. The van der Waals surface area contributed by atoms with Crippen LogP contribution in [0, 0.1) is 5.82 Å². The number of carbonyl (C=O) groups is 1. The smallest absolute Gasteiger partial charge is 0.264 e. The van der Waals surface area contributed by atoms with Crippen molar-refractivity contribution in [1.82, 2.24) is 24.6 Å². The number of benzene rings is 2. The fraction of sp³-hybridized carbons (Fsp3) is 0.250. The monoisotopic (exact) mass is 449 g/mol. The minimum atomic E-state index is -0.374. The number of aromatic nitrogens is 4. The van der Waals surface area contributed by atoms with Gasteiger partial charge in [-0.15, -0.1) is 0 Å². The lowest BCUT2D eigenvalue weighted by Crippen LogP contribution is -2.29. The molecular formula is C24H24FN5O3. The van der Waals surface area contributed by atoms with Crippen molar-refractivity contribution in [1.29, 1.82) is 0 Å². The molecule has 0 saturated heterocycles. The second kappa shape index (κ2) is 10.1. The standard InChI is InChI=1S/C24H24FN5O3/c1-2-33-19-9-7-17(8-10-19)13-22(31)26-11-12-30-23-20(14-28-30)24(32)29(16-27-23)15-18-5-3-4-6-21(18)25/h3-10,14,16H,2,11-13,15H2,1H3,(H,26,31). The van der Waals surface area contributed by atoms with Gasteiger partial charge in [0.2, 0.25) is 5.91 Å². The Morgan fingerprint density at radius 3 is 2.70 bits per heavy atom. The number of halogens is 1. The average Bonchev–Trinajstić information content (AvgIpc) is 3.22. The van der Waals surface area contributed by atoms with Gasteiger partial charge in [0.25, 0.3) is 5.56 Å². The zero-order chi connectivity index (χ0) is 23.2. The lowest BCUT2D eigenvalue weighted by molar-refractivity contribution is -0.120. The van der Waals surface area contributed by atoms with Crippen molar-refractivity contribution in [2.24, 2.45) is 0 Å². The topological polar surface area (TPSA) is 91.0 Å². The molecule has 170 valence electrons. The highest BCUT2D eigenvalue weighted by molar-refractivity contribution is 5.78. The molecule has 0 aliphatic carbocycles. The summed E-state index contributed by atoms with van der Waals surface area (Å²) in [6.45, 7) is 3.30.